The van der Waals surface area contributed by atoms with Crippen LogP contribution in [0.15, 0.2) is 48.8 Å². The predicted octanol–water partition coefficient (Wildman–Crippen LogP) is 2.78. The standard InChI is InChI=1S/C17H19N3O2/c1-12(2)16(13-7-9-18-10-8-13)20-17(22)14-3-5-15(6-4-14)19-11-21/h3-12,16H,1-2H3,(H,19,21)(H,20,22). The monoisotopic (exact) mass is 297 g/mol. The van der Waals surface area contributed by atoms with E-state index in [2.05, 4.69) is 29.5 Å². The molecule has 1 aromatic carbocycles. The van der Waals surface area contributed by atoms with Crippen LogP contribution in [0.3, 0.4) is 0 Å². The molecule has 1 aromatic heterocycles. The lowest BCUT2D eigenvalue weighted by Gasteiger charge is -2.22. The molecule has 1 heterocycles. The summed E-state index contributed by atoms with van der Waals surface area (Å²) in [5, 5.41) is 5.58. The first-order valence-electron chi connectivity index (χ1n) is 7.13. The maximum atomic E-state index is 12.4. The van der Waals surface area contributed by atoms with Gasteiger partial charge < -0.3 is 10.6 Å². The van der Waals surface area contributed by atoms with Crippen molar-refractivity contribution in [3.63, 3.8) is 0 Å². The van der Waals surface area contributed by atoms with Crippen LogP contribution >= 0.6 is 0 Å². The third kappa shape index (κ3) is 3.91. The van der Waals surface area contributed by atoms with E-state index in [0.29, 0.717) is 17.7 Å². The highest BCUT2D eigenvalue weighted by Gasteiger charge is 2.18. The molecule has 114 valence electrons. The zero-order valence-corrected chi connectivity index (χ0v) is 12.6. The molecule has 22 heavy (non-hydrogen) atoms. The first kappa shape index (κ1) is 15.7. The second-order valence-electron chi connectivity index (χ2n) is 5.32. The van der Waals surface area contributed by atoms with Crippen molar-refractivity contribution in [2.24, 2.45) is 5.92 Å². The highest BCUT2D eigenvalue weighted by Crippen LogP contribution is 2.21. The first-order valence-corrected chi connectivity index (χ1v) is 7.13. The van der Waals surface area contributed by atoms with E-state index < -0.39 is 0 Å². The second kappa shape index (κ2) is 7.36. The van der Waals surface area contributed by atoms with Crippen molar-refractivity contribution in [2.45, 2.75) is 19.9 Å². The van der Waals surface area contributed by atoms with Gasteiger partial charge in [-0.1, -0.05) is 13.8 Å². The number of nitrogens with zero attached hydrogens (tertiary/aromatic N) is 1. The molecule has 1 atom stereocenters. The number of aromatic nitrogens is 1. The molecular weight excluding hydrogens is 278 g/mol. The summed E-state index contributed by atoms with van der Waals surface area (Å²) in [5.41, 5.74) is 2.23. The number of anilines is 1. The molecule has 1 unspecified atom stereocenters. The lowest BCUT2D eigenvalue weighted by Crippen LogP contribution is -2.31. The van der Waals surface area contributed by atoms with E-state index >= 15 is 0 Å². The Hall–Kier alpha value is -2.69. The summed E-state index contributed by atoms with van der Waals surface area (Å²) < 4.78 is 0. The van der Waals surface area contributed by atoms with Crippen molar-refractivity contribution in [2.75, 3.05) is 5.32 Å². The molecule has 2 aromatic rings. The second-order valence-corrected chi connectivity index (χ2v) is 5.32. The number of hydrogen-bond acceptors (Lipinski definition) is 3. The Morgan fingerprint density at radius 1 is 1.09 bits per heavy atom. The van der Waals surface area contributed by atoms with Crippen LogP contribution < -0.4 is 10.6 Å². The van der Waals surface area contributed by atoms with Gasteiger partial charge in [-0.2, -0.15) is 0 Å². The fraction of sp³-hybridized carbons (Fsp3) is 0.235. The molecule has 0 aliphatic carbocycles. The van der Waals surface area contributed by atoms with Gasteiger partial charge in [0.25, 0.3) is 5.91 Å². The molecule has 0 spiro atoms. The molecule has 0 saturated heterocycles. The van der Waals surface area contributed by atoms with Crippen molar-refractivity contribution in [1.29, 1.82) is 0 Å². The summed E-state index contributed by atoms with van der Waals surface area (Å²) in [7, 11) is 0. The maximum Gasteiger partial charge on any atom is 0.251 e. The largest absolute Gasteiger partial charge is 0.345 e. The zero-order valence-electron chi connectivity index (χ0n) is 12.6. The molecule has 0 bridgehead atoms. The van der Waals surface area contributed by atoms with E-state index in [4.69, 9.17) is 0 Å². The van der Waals surface area contributed by atoms with Gasteiger partial charge in [-0.25, -0.2) is 0 Å². The normalized spacial score (nSPS) is 11.8. The number of nitrogens with one attached hydrogen (secondary N) is 2. The highest BCUT2D eigenvalue weighted by molar-refractivity contribution is 5.95. The van der Waals surface area contributed by atoms with E-state index in [1.54, 1.807) is 36.7 Å². The topological polar surface area (TPSA) is 71.1 Å². The van der Waals surface area contributed by atoms with Gasteiger partial charge in [0.05, 0.1) is 6.04 Å². The molecule has 2 amide bonds. The summed E-state index contributed by atoms with van der Waals surface area (Å²) in [5.74, 6) is 0.107. The van der Waals surface area contributed by atoms with Gasteiger partial charge in [0, 0.05) is 23.6 Å². The Bertz CT molecular complexity index is 624. The van der Waals surface area contributed by atoms with Crippen LogP contribution in [-0.4, -0.2) is 17.3 Å². The van der Waals surface area contributed by atoms with Crippen LogP contribution in [0.25, 0.3) is 0 Å². The Kier molecular flexibility index (Phi) is 5.25. The molecule has 0 fully saturated rings. The molecule has 5 heteroatoms. The van der Waals surface area contributed by atoms with Crippen LogP contribution in [0, 0.1) is 5.92 Å². The minimum absolute atomic E-state index is 0.0803. The van der Waals surface area contributed by atoms with Gasteiger partial charge in [0.2, 0.25) is 6.41 Å². The summed E-state index contributed by atoms with van der Waals surface area (Å²) >= 11 is 0. The molecule has 0 radical (unpaired) electrons. The third-order valence-electron chi connectivity index (χ3n) is 3.39. The zero-order chi connectivity index (χ0) is 15.9. The molecule has 0 aliphatic rings. The van der Waals surface area contributed by atoms with E-state index in [9.17, 15) is 9.59 Å². The van der Waals surface area contributed by atoms with Crippen molar-refractivity contribution < 1.29 is 9.59 Å². The SMILES string of the molecule is CC(C)C(NC(=O)c1ccc(NC=O)cc1)c1ccncc1. The van der Waals surface area contributed by atoms with Gasteiger partial charge in [-0.15, -0.1) is 0 Å². The Morgan fingerprint density at radius 3 is 2.27 bits per heavy atom. The molecular formula is C17H19N3O2. The van der Waals surface area contributed by atoms with Crippen LogP contribution in [0.5, 0.6) is 0 Å². The van der Waals surface area contributed by atoms with Crippen LogP contribution in [0.2, 0.25) is 0 Å². The molecule has 0 aliphatic heterocycles. The maximum absolute atomic E-state index is 12.4. The minimum atomic E-state index is -0.145. The lowest BCUT2D eigenvalue weighted by molar-refractivity contribution is -0.105. The van der Waals surface area contributed by atoms with Crippen LogP contribution in [-0.2, 0) is 4.79 Å². The Labute approximate surface area is 129 Å². The van der Waals surface area contributed by atoms with Gasteiger partial charge in [0.15, 0.2) is 0 Å². The Balaban J connectivity index is 2.13. The molecule has 2 N–H and O–H groups in total. The highest BCUT2D eigenvalue weighted by atomic mass is 16.1. The average Bonchev–Trinajstić information content (AvgIpc) is 2.54. The van der Waals surface area contributed by atoms with Gasteiger partial charge in [0.1, 0.15) is 0 Å². The number of amides is 2. The van der Waals surface area contributed by atoms with E-state index in [1.165, 1.54) is 0 Å². The molecule has 5 nitrogen and oxygen atoms in total. The summed E-state index contributed by atoms with van der Waals surface area (Å²) in [6, 6.07) is 10.5. The Morgan fingerprint density at radius 2 is 1.73 bits per heavy atom. The number of pyridine rings is 1. The first-order chi connectivity index (χ1) is 10.6. The smallest absolute Gasteiger partial charge is 0.251 e. The van der Waals surface area contributed by atoms with Crippen LogP contribution in [0.1, 0.15) is 35.8 Å². The average molecular weight is 297 g/mol. The summed E-state index contributed by atoms with van der Waals surface area (Å²) in [4.78, 5) is 26.8. The van der Waals surface area contributed by atoms with E-state index in [1.807, 2.05) is 12.1 Å². The quantitative estimate of drug-likeness (QED) is 0.805. The lowest BCUT2D eigenvalue weighted by atomic mass is 9.96. The predicted molar refractivity (Wildman–Crippen MR) is 85.4 cm³/mol. The summed E-state index contributed by atoms with van der Waals surface area (Å²) in [6.45, 7) is 4.12. The fourth-order valence-corrected chi connectivity index (χ4v) is 2.22. The van der Waals surface area contributed by atoms with Crippen molar-refractivity contribution in [3.8, 4) is 0 Å². The minimum Gasteiger partial charge on any atom is -0.345 e. The van der Waals surface area contributed by atoms with Crippen LogP contribution in [0.4, 0.5) is 5.69 Å². The van der Waals surface area contributed by atoms with E-state index in [-0.39, 0.29) is 17.9 Å². The van der Waals surface area contributed by atoms with Crippen molar-refractivity contribution in [3.05, 3.63) is 59.9 Å². The number of rotatable bonds is 6. The van der Waals surface area contributed by atoms with Gasteiger partial charge in [-0.3, -0.25) is 14.6 Å². The van der Waals surface area contributed by atoms with Gasteiger partial charge in [-0.05, 0) is 47.9 Å². The number of benzene rings is 1. The number of carbonyl (C=O) groups is 2. The van der Waals surface area contributed by atoms with E-state index in [0.717, 1.165) is 5.56 Å². The fourth-order valence-electron chi connectivity index (χ4n) is 2.22. The van der Waals surface area contributed by atoms with Gasteiger partial charge >= 0.3 is 0 Å². The van der Waals surface area contributed by atoms with Crippen molar-refractivity contribution in [1.82, 2.24) is 10.3 Å². The summed E-state index contributed by atoms with van der Waals surface area (Å²) in [6.07, 6.45) is 4.04. The molecule has 2 rings (SSSR count). The molecule has 0 saturated carbocycles. The van der Waals surface area contributed by atoms with Crippen molar-refractivity contribution >= 4 is 18.0 Å². The number of carbonyl (C=O) groups excluding carboxylic acids is 2. The third-order valence-corrected chi connectivity index (χ3v) is 3.39. The number of hydrogen-bond donors (Lipinski definition) is 2.